The number of pyridine rings is 2. The number of aliphatic hydroxyl groups is 1. The van der Waals surface area contributed by atoms with Gasteiger partial charge in [-0.3, -0.25) is 24.2 Å². The number of benzene rings is 2. The zero-order chi connectivity index (χ0) is 33.4. The maximum absolute atomic E-state index is 13.8. The Balaban J connectivity index is 1.57. The highest BCUT2D eigenvalue weighted by Crippen LogP contribution is 2.23. The topological polar surface area (TPSA) is 164 Å². The Morgan fingerprint density at radius 1 is 0.913 bits per heavy atom. The van der Waals surface area contributed by atoms with Crippen LogP contribution in [0, 0.1) is 12.8 Å². The minimum atomic E-state index is -1.23. The van der Waals surface area contributed by atoms with Crippen LogP contribution < -0.4 is 16.4 Å². The van der Waals surface area contributed by atoms with Gasteiger partial charge in [0.2, 0.25) is 5.91 Å². The van der Waals surface area contributed by atoms with Gasteiger partial charge in [-0.25, -0.2) is 4.98 Å². The van der Waals surface area contributed by atoms with Gasteiger partial charge in [-0.1, -0.05) is 42.5 Å². The molecule has 4 aromatic rings. The molecule has 3 atom stereocenters. The molecule has 46 heavy (non-hydrogen) atoms. The van der Waals surface area contributed by atoms with Crippen molar-refractivity contribution >= 4 is 34.4 Å². The summed E-state index contributed by atoms with van der Waals surface area (Å²) in [7, 11) is 0. The third kappa shape index (κ3) is 9.52. The van der Waals surface area contributed by atoms with Crippen LogP contribution in [0.2, 0.25) is 0 Å². The number of nitrogens with one attached hydrogen (secondary N) is 2. The number of primary amides is 1. The van der Waals surface area contributed by atoms with Crippen LogP contribution in [-0.4, -0.2) is 56.3 Å². The number of fused-ring (bicyclic) bond motifs is 1. The Labute approximate surface area is 268 Å². The molecule has 3 amide bonds. The second-order valence-corrected chi connectivity index (χ2v) is 12.7. The van der Waals surface area contributed by atoms with E-state index in [0.29, 0.717) is 23.1 Å². The normalized spacial score (nSPS) is 13.4. The number of hydrogen-bond acceptors (Lipinski definition) is 7. The highest BCUT2D eigenvalue weighted by Gasteiger charge is 2.30. The number of hydrogen-bond donors (Lipinski definition) is 4. The lowest BCUT2D eigenvalue weighted by Gasteiger charge is -2.26. The molecule has 5 N–H and O–H groups in total. The van der Waals surface area contributed by atoms with E-state index in [2.05, 4.69) is 20.6 Å². The van der Waals surface area contributed by atoms with Crippen molar-refractivity contribution in [1.29, 1.82) is 0 Å². The standard InChI is InChI=1S/C36H41N5O5/c1-22-11-12-24-13-14-28(39-29(24)16-22)35(46)40-30(20-33(37)44)32(43)19-26(17-23-8-7-15-38-21-23)31(42)18-25-9-5-6-10-27(25)34(45)41-36(2,3)4/h5-16,21,26,30-31,42H,17-20H2,1-4H3,(H2,37,44)(H,40,46)(H,41,45). The summed E-state index contributed by atoms with van der Waals surface area (Å²) in [5.74, 6) is -2.74. The predicted octanol–water partition coefficient (Wildman–Crippen LogP) is 3.86. The van der Waals surface area contributed by atoms with E-state index in [4.69, 9.17) is 5.73 Å². The van der Waals surface area contributed by atoms with Crippen molar-refractivity contribution in [1.82, 2.24) is 20.6 Å². The zero-order valence-corrected chi connectivity index (χ0v) is 26.6. The van der Waals surface area contributed by atoms with Gasteiger partial charge in [0.25, 0.3) is 11.8 Å². The first-order chi connectivity index (χ1) is 21.8. The third-order valence-electron chi connectivity index (χ3n) is 7.59. The van der Waals surface area contributed by atoms with Gasteiger partial charge in [-0.15, -0.1) is 0 Å². The van der Waals surface area contributed by atoms with E-state index in [1.165, 1.54) is 0 Å². The number of Topliss-reactive ketones (excluding diaryl/α,β-unsaturated/α-hetero) is 1. The summed E-state index contributed by atoms with van der Waals surface area (Å²) < 4.78 is 0. The van der Waals surface area contributed by atoms with Crippen molar-refractivity contribution in [3.63, 3.8) is 0 Å². The van der Waals surface area contributed by atoms with Gasteiger partial charge in [0.1, 0.15) is 5.69 Å². The lowest BCUT2D eigenvalue weighted by atomic mass is 9.84. The molecule has 0 aliphatic heterocycles. The predicted molar refractivity (Wildman–Crippen MR) is 176 cm³/mol. The molecule has 0 saturated carbocycles. The molecule has 2 aromatic carbocycles. The Bertz CT molecular complexity index is 1720. The molecule has 10 heteroatoms. The molecule has 3 unspecified atom stereocenters. The maximum atomic E-state index is 13.8. The van der Waals surface area contributed by atoms with Gasteiger partial charge in [-0.2, -0.15) is 0 Å². The molecular weight excluding hydrogens is 582 g/mol. The van der Waals surface area contributed by atoms with Crippen LogP contribution in [0.25, 0.3) is 10.9 Å². The number of nitrogens with two attached hydrogens (primary N) is 1. The van der Waals surface area contributed by atoms with E-state index < -0.39 is 47.6 Å². The number of carbonyl (C=O) groups is 4. The number of nitrogens with zero attached hydrogens (tertiary/aromatic N) is 2. The van der Waals surface area contributed by atoms with Crippen LogP contribution in [0.5, 0.6) is 0 Å². The third-order valence-corrected chi connectivity index (χ3v) is 7.59. The minimum Gasteiger partial charge on any atom is -0.392 e. The maximum Gasteiger partial charge on any atom is 0.270 e. The van der Waals surface area contributed by atoms with E-state index in [0.717, 1.165) is 16.5 Å². The molecule has 0 fully saturated rings. The van der Waals surface area contributed by atoms with Crippen LogP contribution in [0.15, 0.2) is 79.1 Å². The molecule has 2 heterocycles. The highest BCUT2D eigenvalue weighted by molar-refractivity contribution is 5.99. The van der Waals surface area contributed by atoms with Crippen LogP contribution in [0.1, 0.15) is 71.1 Å². The molecule has 2 aromatic heterocycles. The molecule has 0 saturated heterocycles. The van der Waals surface area contributed by atoms with Crippen LogP contribution in [0.3, 0.4) is 0 Å². The van der Waals surface area contributed by atoms with E-state index in [-0.39, 0.29) is 24.4 Å². The summed E-state index contributed by atoms with van der Waals surface area (Å²) in [5.41, 5.74) is 8.58. The molecule has 0 radical (unpaired) electrons. The summed E-state index contributed by atoms with van der Waals surface area (Å²) in [6.07, 6.45) is 2.04. The van der Waals surface area contributed by atoms with Crippen LogP contribution >= 0.6 is 0 Å². The first-order valence-corrected chi connectivity index (χ1v) is 15.3. The summed E-state index contributed by atoms with van der Waals surface area (Å²) in [6, 6.07) is 18.4. The average molecular weight is 624 g/mol. The molecule has 240 valence electrons. The fourth-order valence-electron chi connectivity index (χ4n) is 5.32. The van der Waals surface area contributed by atoms with Crippen LogP contribution in [-0.2, 0) is 22.4 Å². The molecule has 0 spiro atoms. The minimum absolute atomic E-state index is 0.0949. The van der Waals surface area contributed by atoms with E-state index in [1.807, 2.05) is 52.0 Å². The molecule has 4 rings (SSSR count). The van der Waals surface area contributed by atoms with Crippen molar-refractivity contribution in [2.24, 2.45) is 11.7 Å². The van der Waals surface area contributed by atoms with Crippen molar-refractivity contribution in [3.8, 4) is 0 Å². The van der Waals surface area contributed by atoms with E-state index in [1.54, 1.807) is 54.9 Å². The quantitative estimate of drug-likeness (QED) is 0.176. The largest absolute Gasteiger partial charge is 0.392 e. The molecule has 0 bridgehead atoms. The average Bonchev–Trinajstić information content (AvgIpc) is 2.99. The Morgan fingerprint density at radius 3 is 2.35 bits per heavy atom. The molecule has 0 aliphatic carbocycles. The van der Waals surface area contributed by atoms with Crippen molar-refractivity contribution in [2.75, 3.05) is 0 Å². The number of ketones is 1. The summed E-state index contributed by atoms with van der Waals surface area (Å²) in [4.78, 5) is 60.7. The van der Waals surface area contributed by atoms with Gasteiger partial charge in [-0.05, 0) is 87.4 Å². The Hall–Kier alpha value is -4.96. The summed E-state index contributed by atoms with van der Waals surface area (Å²) >= 11 is 0. The zero-order valence-electron chi connectivity index (χ0n) is 26.6. The first kappa shape index (κ1) is 33.9. The van der Waals surface area contributed by atoms with Crippen molar-refractivity contribution < 1.29 is 24.3 Å². The second-order valence-electron chi connectivity index (χ2n) is 12.7. The second kappa shape index (κ2) is 14.9. The number of aromatic nitrogens is 2. The lowest BCUT2D eigenvalue weighted by Crippen LogP contribution is -2.45. The lowest BCUT2D eigenvalue weighted by molar-refractivity contribution is -0.126. The number of aryl methyl sites for hydroxylation is 1. The van der Waals surface area contributed by atoms with E-state index in [9.17, 15) is 24.3 Å². The van der Waals surface area contributed by atoms with Gasteiger partial charge >= 0.3 is 0 Å². The molecular formula is C36H41N5O5. The number of aliphatic hydroxyl groups excluding tert-OH is 1. The number of amides is 3. The number of rotatable bonds is 13. The SMILES string of the molecule is Cc1ccc2ccc(C(=O)NC(CC(N)=O)C(=O)CC(Cc3cccnc3)C(O)Cc3ccccc3C(=O)NC(C)(C)C)nc2c1. The van der Waals surface area contributed by atoms with Gasteiger partial charge < -0.3 is 21.5 Å². The highest BCUT2D eigenvalue weighted by atomic mass is 16.3. The van der Waals surface area contributed by atoms with E-state index >= 15 is 0 Å². The smallest absolute Gasteiger partial charge is 0.270 e. The Kier molecular flexibility index (Phi) is 11.0. The number of carbonyl (C=O) groups excluding carboxylic acids is 4. The fraction of sp³-hybridized carbons (Fsp3) is 0.333. The van der Waals surface area contributed by atoms with Gasteiger partial charge in [0.15, 0.2) is 5.78 Å². The first-order valence-electron chi connectivity index (χ1n) is 15.3. The van der Waals surface area contributed by atoms with Crippen molar-refractivity contribution in [2.45, 2.75) is 71.1 Å². The molecule has 10 nitrogen and oxygen atoms in total. The fourth-order valence-corrected chi connectivity index (χ4v) is 5.32. The van der Waals surface area contributed by atoms with Gasteiger partial charge in [0.05, 0.1) is 24.1 Å². The van der Waals surface area contributed by atoms with Crippen LogP contribution in [0.4, 0.5) is 0 Å². The summed E-state index contributed by atoms with van der Waals surface area (Å²) in [5, 5.41) is 18.0. The Morgan fingerprint density at radius 2 is 1.65 bits per heavy atom. The van der Waals surface area contributed by atoms with Gasteiger partial charge in [0, 0.05) is 35.3 Å². The summed E-state index contributed by atoms with van der Waals surface area (Å²) in [6.45, 7) is 7.58. The van der Waals surface area contributed by atoms with Crippen molar-refractivity contribution in [3.05, 3.63) is 107 Å². The molecule has 0 aliphatic rings. The monoisotopic (exact) mass is 623 g/mol.